The van der Waals surface area contributed by atoms with Crippen molar-refractivity contribution in [1.29, 1.82) is 0 Å². The molecule has 0 radical (unpaired) electrons. The van der Waals surface area contributed by atoms with Crippen LogP contribution < -0.4 is 10.9 Å². The van der Waals surface area contributed by atoms with E-state index in [1.165, 1.54) is 29.3 Å². The number of carbonyl (C=O) groups is 2. The molecule has 6 heteroatoms. The molecule has 0 spiro atoms. The quantitative estimate of drug-likeness (QED) is 0.907. The first-order chi connectivity index (χ1) is 12.9. The first kappa shape index (κ1) is 18.9. The Labute approximate surface area is 158 Å². The highest BCUT2D eigenvalue weighted by molar-refractivity contribution is 6.05. The van der Waals surface area contributed by atoms with Gasteiger partial charge in [-0.15, -0.1) is 0 Å². The fraction of sp³-hybridized carbons (Fsp3) is 0.381. The van der Waals surface area contributed by atoms with E-state index in [4.69, 9.17) is 0 Å². The molecule has 1 N–H and O–H groups in total. The number of piperidine rings is 1. The first-order valence-electron chi connectivity index (χ1n) is 9.26. The molecule has 1 aromatic heterocycles. The molecule has 2 aromatic rings. The third-order valence-corrected chi connectivity index (χ3v) is 5.13. The molecule has 142 valence electrons. The van der Waals surface area contributed by atoms with Crippen LogP contribution in [0.15, 0.2) is 41.3 Å². The normalized spacial score (nSPS) is 16.9. The largest absolute Gasteiger partial charge is 0.336 e. The Morgan fingerprint density at radius 1 is 1.11 bits per heavy atom. The van der Waals surface area contributed by atoms with Crippen LogP contribution in [0.25, 0.3) is 0 Å². The standard InChI is InChI=1S/C21H25N3O3/c1-14-12-16(21(27)24-11-5-4-6-15(24)2)7-9-18(14)22-20(26)17-8-10-19(25)23(3)13-17/h7-10,12-13,15H,4-6,11H2,1-3H3,(H,22,26). The van der Waals surface area contributed by atoms with Crippen LogP contribution in [0.4, 0.5) is 5.69 Å². The summed E-state index contributed by atoms with van der Waals surface area (Å²) in [6.07, 6.45) is 4.75. The van der Waals surface area contributed by atoms with Gasteiger partial charge in [0.2, 0.25) is 5.56 Å². The van der Waals surface area contributed by atoms with Crippen molar-refractivity contribution in [1.82, 2.24) is 9.47 Å². The lowest BCUT2D eigenvalue weighted by Gasteiger charge is -2.33. The predicted molar refractivity (Wildman–Crippen MR) is 105 cm³/mol. The second-order valence-corrected chi connectivity index (χ2v) is 7.19. The van der Waals surface area contributed by atoms with E-state index < -0.39 is 0 Å². The van der Waals surface area contributed by atoms with Crippen LogP contribution in [0.5, 0.6) is 0 Å². The van der Waals surface area contributed by atoms with Crippen LogP contribution in [0.2, 0.25) is 0 Å². The van der Waals surface area contributed by atoms with E-state index in [1.54, 1.807) is 19.2 Å². The summed E-state index contributed by atoms with van der Waals surface area (Å²) in [4.78, 5) is 38.6. The van der Waals surface area contributed by atoms with Crippen LogP contribution in [0, 0.1) is 6.92 Å². The Kier molecular flexibility index (Phi) is 5.44. The molecule has 2 amide bonds. The van der Waals surface area contributed by atoms with Gasteiger partial charge in [0, 0.05) is 43.1 Å². The molecule has 1 aliphatic rings. The van der Waals surface area contributed by atoms with Crippen molar-refractivity contribution >= 4 is 17.5 Å². The number of rotatable bonds is 3. The Morgan fingerprint density at radius 3 is 2.52 bits per heavy atom. The van der Waals surface area contributed by atoms with Crippen LogP contribution in [0.1, 0.15) is 52.5 Å². The van der Waals surface area contributed by atoms with Crippen molar-refractivity contribution in [2.75, 3.05) is 11.9 Å². The average Bonchev–Trinajstić information content (AvgIpc) is 2.65. The van der Waals surface area contributed by atoms with Gasteiger partial charge in [-0.1, -0.05) is 0 Å². The smallest absolute Gasteiger partial charge is 0.257 e. The third kappa shape index (κ3) is 4.10. The number of nitrogens with zero attached hydrogens (tertiary/aromatic N) is 2. The number of nitrogens with one attached hydrogen (secondary N) is 1. The summed E-state index contributed by atoms with van der Waals surface area (Å²) in [5.41, 5.74) is 2.35. The number of hydrogen-bond donors (Lipinski definition) is 1. The zero-order valence-corrected chi connectivity index (χ0v) is 16.0. The van der Waals surface area contributed by atoms with Gasteiger partial charge in [-0.25, -0.2) is 0 Å². The molecule has 0 bridgehead atoms. The summed E-state index contributed by atoms with van der Waals surface area (Å²) in [7, 11) is 1.60. The summed E-state index contributed by atoms with van der Waals surface area (Å²) < 4.78 is 1.36. The van der Waals surface area contributed by atoms with E-state index in [0.29, 0.717) is 16.8 Å². The Balaban J connectivity index is 1.76. The summed E-state index contributed by atoms with van der Waals surface area (Å²) in [5, 5.41) is 2.85. The fourth-order valence-corrected chi connectivity index (χ4v) is 3.43. The van der Waals surface area contributed by atoms with Crippen molar-refractivity contribution in [3.63, 3.8) is 0 Å². The minimum Gasteiger partial charge on any atom is -0.336 e. The monoisotopic (exact) mass is 367 g/mol. The van der Waals surface area contributed by atoms with Crippen LogP contribution in [0.3, 0.4) is 0 Å². The molecule has 0 saturated carbocycles. The number of pyridine rings is 1. The van der Waals surface area contributed by atoms with Gasteiger partial charge in [0.15, 0.2) is 0 Å². The molecule has 1 atom stereocenters. The Morgan fingerprint density at radius 2 is 1.85 bits per heavy atom. The van der Waals surface area contributed by atoms with Gasteiger partial charge in [0.1, 0.15) is 0 Å². The van der Waals surface area contributed by atoms with Crippen molar-refractivity contribution in [2.45, 2.75) is 39.2 Å². The fourth-order valence-electron chi connectivity index (χ4n) is 3.43. The molecule has 1 aliphatic heterocycles. The van der Waals surface area contributed by atoms with Gasteiger partial charge in [0.25, 0.3) is 11.8 Å². The van der Waals surface area contributed by atoms with Gasteiger partial charge in [-0.05, 0) is 62.9 Å². The SMILES string of the molecule is Cc1cc(C(=O)N2CCCCC2C)ccc1NC(=O)c1ccc(=O)n(C)c1. The molecule has 1 saturated heterocycles. The van der Waals surface area contributed by atoms with E-state index in [2.05, 4.69) is 12.2 Å². The van der Waals surface area contributed by atoms with Crippen LogP contribution in [-0.4, -0.2) is 33.9 Å². The molecular formula is C21H25N3O3. The second-order valence-electron chi connectivity index (χ2n) is 7.19. The molecule has 1 fully saturated rings. The Bertz CT molecular complexity index is 933. The minimum atomic E-state index is -0.294. The number of hydrogen-bond acceptors (Lipinski definition) is 3. The number of likely N-dealkylation sites (tertiary alicyclic amines) is 1. The van der Waals surface area contributed by atoms with Crippen LogP contribution in [-0.2, 0) is 7.05 Å². The molecule has 2 heterocycles. The summed E-state index contributed by atoms with van der Waals surface area (Å²) >= 11 is 0. The van der Waals surface area contributed by atoms with Crippen molar-refractivity contribution in [3.8, 4) is 0 Å². The molecule has 1 aromatic carbocycles. The molecule has 1 unspecified atom stereocenters. The summed E-state index contributed by atoms with van der Waals surface area (Å²) in [5.74, 6) is -0.251. The van der Waals surface area contributed by atoms with E-state index in [0.717, 1.165) is 24.9 Å². The van der Waals surface area contributed by atoms with E-state index in [-0.39, 0.29) is 23.4 Å². The Hall–Kier alpha value is -2.89. The maximum atomic E-state index is 12.8. The highest BCUT2D eigenvalue weighted by Crippen LogP contribution is 2.22. The average molecular weight is 367 g/mol. The zero-order chi connectivity index (χ0) is 19.6. The number of benzene rings is 1. The number of anilines is 1. The lowest BCUT2D eigenvalue weighted by molar-refractivity contribution is 0.0635. The number of amides is 2. The third-order valence-electron chi connectivity index (χ3n) is 5.13. The number of aryl methyl sites for hydroxylation is 2. The lowest BCUT2D eigenvalue weighted by atomic mass is 10.0. The van der Waals surface area contributed by atoms with Crippen molar-refractivity contribution < 1.29 is 9.59 Å². The van der Waals surface area contributed by atoms with Gasteiger partial charge >= 0.3 is 0 Å². The lowest BCUT2D eigenvalue weighted by Crippen LogP contribution is -2.42. The second kappa shape index (κ2) is 7.78. The predicted octanol–water partition coefficient (Wildman–Crippen LogP) is 2.96. The first-order valence-corrected chi connectivity index (χ1v) is 9.26. The molecule has 6 nitrogen and oxygen atoms in total. The maximum absolute atomic E-state index is 12.8. The molecule has 3 rings (SSSR count). The van der Waals surface area contributed by atoms with Gasteiger partial charge in [0.05, 0.1) is 5.56 Å². The highest BCUT2D eigenvalue weighted by atomic mass is 16.2. The van der Waals surface area contributed by atoms with E-state index >= 15 is 0 Å². The van der Waals surface area contributed by atoms with Crippen molar-refractivity contribution in [3.05, 3.63) is 63.6 Å². The van der Waals surface area contributed by atoms with Gasteiger partial charge in [-0.3, -0.25) is 14.4 Å². The minimum absolute atomic E-state index is 0.0428. The summed E-state index contributed by atoms with van der Waals surface area (Å²) in [6, 6.07) is 8.46. The molecular weight excluding hydrogens is 342 g/mol. The highest BCUT2D eigenvalue weighted by Gasteiger charge is 2.24. The zero-order valence-electron chi connectivity index (χ0n) is 16.0. The topological polar surface area (TPSA) is 71.4 Å². The van der Waals surface area contributed by atoms with Crippen molar-refractivity contribution in [2.24, 2.45) is 7.05 Å². The van der Waals surface area contributed by atoms with E-state index in [1.807, 2.05) is 17.9 Å². The number of aromatic nitrogens is 1. The summed E-state index contributed by atoms with van der Waals surface area (Å²) in [6.45, 7) is 4.75. The number of carbonyl (C=O) groups excluding carboxylic acids is 2. The van der Waals surface area contributed by atoms with Gasteiger partial charge < -0.3 is 14.8 Å². The maximum Gasteiger partial charge on any atom is 0.257 e. The molecule has 0 aliphatic carbocycles. The molecule has 27 heavy (non-hydrogen) atoms. The van der Waals surface area contributed by atoms with Gasteiger partial charge in [-0.2, -0.15) is 0 Å². The van der Waals surface area contributed by atoms with Crippen LogP contribution >= 0.6 is 0 Å². The van der Waals surface area contributed by atoms with E-state index in [9.17, 15) is 14.4 Å².